The van der Waals surface area contributed by atoms with Crippen molar-refractivity contribution in [3.05, 3.63) is 0 Å². The molecule has 3 nitrogen and oxygen atoms in total. The van der Waals surface area contributed by atoms with Crippen LogP contribution >= 0.6 is 0 Å². The van der Waals surface area contributed by atoms with Gasteiger partial charge in [-0.3, -0.25) is 4.90 Å². The molecule has 0 aromatic carbocycles. The molecule has 0 aromatic heterocycles. The summed E-state index contributed by atoms with van der Waals surface area (Å²) in [5.74, 6) is 0.916. The minimum Gasteiger partial charge on any atom is -0.316 e. The van der Waals surface area contributed by atoms with Crippen LogP contribution in [0.15, 0.2) is 0 Å². The molecule has 0 amide bonds. The monoisotopic (exact) mass is 237 g/mol. The van der Waals surface area contributed by atoms with E-state index in [2.05, 4.69) is 15.1 Å². The van der Waals surface area contributed by atoms with E-state index in [1.54, 1.807) is 0 Å². The van der Waals surface area contributed by atoms with Crippen molar-refractivity contribution in [2.24, 2.45) is 5.92 Å². The van der Waals surface area contributed by atoms with Gasteiger partial charge in [0.2, 0.25) is 0 Å². The maximum Gasteiger partial charge on any atom is 0.0113 e. The summed E-state index contributed by atoms with van der Waals surface area (Å²) in [6.07, 6.45) is 7.22. The standard InChI is InChI=1S/C14H27N3/c1-4-14(5-1)17-9-7-16(8-10-17)12-13-3-2-6-15-11-13/h13-15H,1-12H2. The van der Waals surface area contributed by atoms with Crippen LogP contribution in [0, 0.1) is 5.92 Å². The molecule has 98 valence electrons. The van der Waals surface area contributed by atoms with Gasteiger partial charge in [-0.15, -0.1) is 0 Å². The van der Waals surface area contributed by atoms with Crippen LogP contribution < -0.4 is 5.32 Å². The number of hydrogen-bond donors (Lipinski definition) is 1. The summed E-state index contributed by atoms with van der Waals surface area (Å²) in [6.45, 7) is 9.11. The van der Waals surface area contributed by atoms with Crippen LogP contribution in [0.1, 0.15) is 32.1 Å². The van der Waals surface area contributed by atoms with E-state index >= 15 is 0 Å². The Morgan fingerprint density at radius 3 is 2.35 bits per heavy atom. The van der Waals surface area contributed by atoms with Gasteiger partial charge in [0, 0.05) is 38.8 Å². The van der Waals surface area contributed by atoms with Crippen LogP contribution in [0.5, 0.6) is 0 Å². The first kappa shape index (κ1) is 11.9. The maximum atomic E-state index is 3.53. The molecule has 2 saturated heterocycles. The Balaban J connectivity index is 1.38. The first-order valence-electron chi connectivity index (χ1n) is 7.59. The second-order valence-electron chi connectivity index (χ2n) is 6.13. The van der Waals surface area contributed by atoms with E-state index in [9.17, 15) is 0 Å². The molecular formula is C14H27N3. The number of nitrogens with zero attached hydrogens (tertiary/aromatic N) is 2. The number of hydrogen-bond acceptors (Lipinski definition) is 3. The molecule has 17 heavy (non-hydrogen) atoms. The van der Waals surface area contributed by atoms with Crippen molar-refractivity contribution in [1.82, 2.24) is 15.1 Å². The molecule has 1 atom stereocenters. The number of nitrogens with one attached hydrogen (secondary N) is 1. The van der Waals surface area contributed by atoms with Crippen molar-refractivity contribution in [3.63, 3.8) is 0 Å². The third kappa shape index (κ3) is 3.01. The summed E-state index contributed by atoms with van der Waals surface area (Å²) in [4.78, 5) is 5.44. The summed E-state index contributed by atoms with van der Waals surface area (Å²) in [6, 6.07) is 0.952. The number of rotatable bonds is 3. The lowest BCUT2D eigenvalue weighted by atomic mass is 9.91. The second-order valence-corrected chi connectivity index (χ2v) is 6.13. The van der Waals surface area contributed by atoms with Gasteiger partial charge in [-0.1, -0.05) is 6.42 Å². The Labute approximate surface area is 106 Å². The average Bonchev–Trinajstić information content (AvgIpc) is 2.31. The van der Waals surface area contributed by atoms with Crippen LogP contribution in [0.3, 0.4) is 0 Å². The second kappa shape index (κ2) is 5.68. The molecule has 0 bridgehead atoms. The van der Waals surface area contributed by atoms with Gasteiger partial charge < -0.3 is 10.2 Å². The lowest BCUT2D eigenvalue weighted by molar-refractivity contribution is 0.0533. The molecule has 2 aliphatic heterocycles. The summed E-state index contributed by atoms with van der Waals surface area (Å²) < 4.78 is 0. The molecule has 1 aliphatic carbocycles. The Hall–Kier alpha value is -0.120. The van der Waals surface area contributed by atoms with E-state index in [4.69, 9.17) is 0 Å². The van der Waals surface area contributed by atoms with Crippen molar-refractivity contribution in [1.29, 1.82) is 0 Å². The molecular weight excluding hydrogens is 210 g/mol. The first-order valence-corrected chi connectivity index (χ1v) is 7.59. The lowest BCUT2D eigenvalue weighted by Crippen LogP contribution is -2.53. The van der Waals surface area contributed by atoms with Gasteiger partial charge in [-0.05, 0) is 44.7 Å². The summed E-state index contributed by atoms with van der Waals surface area (Å²) in [5, 5.41) is 3.53. The highest BCUT2D eigenvalue weighted by Crippen LogP contribution is 2.25. The zero-order valence-electron chi connectivity index (χ0n) is 11.0. The lowest BCUT2D eigenvalue weighted by Gasteiger charge is -2.43. The molecule has 3 aliphatic rings. The smallest absolute Gasteiger partial charge is 0.0113 e. The SMILES string of the molecule is C1CNCC(CN2CCN(C3CCC3)CC2)C1. The van der Waals surface area contributed by atoms with E-state index in [1.165, 1.54) is 77.9 Å². The van der Waals surface area contributed by atoms with Gasteiger partial charge in [0.05, 0.1) is 0 Å². The fourth-order valence-electron chi connectivity index (χ4n) is 3.51. The quantitative estimate of drug-likeness (QED) is 0.794. The Bertz CT molecular complexity index is 226. The topological polar surface area (TPSA) is 18.5 Å². The van der Waals surface area contributed by atoms with Crippen LogP contribution in [-0.2, 0) is 0 Å². The molecule has 1 N–H and O–H groups in total. The molecule has 3 rings (SSSR count). The zero-order valence-corrected chi connectivity index (χ0v) is 11.0. The van der Waals surface area contributed by atoms with E-state index in [0.29, 0.717) is 0 Å². The number of piperidine rings is 1. The van der Waals surface area contributed by atoms with Gasteiger partial charge in [0.15, 0.2) is 0 Å². The Morgan fingerprint density at radius 2 is 1.76 bits per heavy atom. The van der Waals surface area contributed by atoms with Crippen molar-refractivity contribution < 1.29 is 0 Å². The van der Waals surface area contributed by atoms with Crippen molar-refractivity contribution in [2.45, 2.75) is 38.1 Å². The molecule has 1 saturated carbocycles. The summed E-state index contributed by atoms with van der Waals surface area (Å²) in [5.41, 5.74) is 0. The third-order valence-corrected chi connectivity index (χ3v) is 4.91. The summed E-state index contributed by atoms with van der Waals surface area (Å²) in [7, 11) is 0. The molecule has 0 radical (unpaired) electrons. The van der Waals surface area contributed by atoms with Gasteiger partial charge in [0.1, 0.15) is 0 Å². The largest absolute Gasteiger partial charge is 0.316 e. The van der Waals surface area contributed by atoms with Gasteiger partial charge in [-0.25, -0.2) is 0 Å². The zero-order chi connectivity index (χ0) is 11.5. The highest BCUT2D eigenvalue weighted by Gasteiger charge is 2.28. The van der Waals surface area contributed by atoms with Crippen molar-refractivity contribution >= 4 is 0 Å². The van der Waals surface area contributed by atoms with E-state index in [-0.39, 0.29) is 0 Å². The third-order valence-electron chi connectivity index (χ3n) is 4.91. The minimum absolute atomic E-state index is 0.916. The van der Waals surface area contributed by atoms with Crippen molar-refractivity contribution in [2.75, 3.05) is 45.8 Å². The normalized spacial score (nSPS) is 33.5. The first-order chi connectivity index (χ1) is 8.42. The molecule has 0 spiro atoms. The average molecular weight is 237 g/mol. The maximum absolute atomic E-state index is 3.53. The fraction of sp³-hybridized carbons (Fsp3) is 1.00. The van der Waals surface area contributed by atoms with Crippen molar-refractivity contribution in [3.8, 4) is 0 Å². The molecule has 3 fully saturated rings. The molecule has 0 aromatic rings. The molecule has 1 unspecified atom stereocenters. The van der Waals surface area contributed by atoms with E-state index in [1.807, 2.05) is 0 Å². The highest BCUT2D eigenvalue weighted by molar-refractivity contribution is 4.84. The predicted molar refractivity (Wildman–Crippen MR) is 71.2 cm³/mol. The van der Waals surface area contributed by atoms with Crippen LogP contribution in [0.25, 0.3) is 0 Å². The van der Waals surface area contributed by atoms with E-state index < -0.39 is 0 Å². The predicted octanol–water partition coefficient (Wildman–Crippen LogP) is 1.16. The van der Waals surface area contributed by atoms with Crippen LogP contribution in [-0.4, -0.2) is 61.7 Å². The Morgan fingerprint density at radius 1 is 0.941 bits per heavy atom. The van der Waals surface area contributed by atoms with Gasteiger partial charge in [0.25, 0.3) is 0 Å². The van der Waals surface area contributed by atoms with Crippen LogP contribution in [0.4, 0.5) is 0 Å². The minimum atomic E-state index is 0.916. The number of piperazine rings is 1. The Kier molecular flexibility index (Phi) is 3.99. The van der Waals surface area contributed by atoms with Gasteiger partial charge >= 0.3 is 0 Å². The van der Waals surface area contributed by atoms with Gasteiger partial charge in [-0.2, -0.15) is 0 Å². The summed E-state index contributed by atoms with van der Waals surface area (Å²) >= 11 is 0. The molecule has 3 heteroatoms. The van der Waals surface area contributed by atoms with E-state index in [0.717, 1.165) is 12.0 Å². The highest BCUT2D eigenvalue weighted by atomic mass is 15.3. The van der Waals surface area contributed by atoms with Crippen LogP contribution in [0.2, 0.25) is 0 Å². The molecule has 2 heterocycles. The fourth-order valence-corrected chi connectivity index (χ4v) is 3.51.